The highest BCUT2D eigenvalue weighted by Crippen LogP contribution is 2.30. The number of aromatic amines is 1. The summed E-state index contributed by atoms with van der Waals surface area (Å²) in [5.74, 6) is 1.88. The number of ether oxygens (including phenoxy) is 1. The first-order chi connectivity index (χ1) is 14.7. The minimum absolute atomic E-state index is 0.166. The summed E-state index contributed by atoms with van der Waals surface area (Å²) in [4.78, 5) is 20.9. The molecular formula is C20H18ClN5O2S2. The molecule has 10 heteroatoms. The SMILES string of the molecule is O=c1[nH]c(CSc2nnc(-c3cccs3)n2C[C@H]2CCCO2)nc2cc(Cl)ccc12. The van der Waals surface area contributed by atoms with Crippen LogP contribution in [0.1, 0.15) is 18.7 Å². The number of halogens is 1. The number of fused-ring (bicyclic) bond motifs is 1. The molecule has 1 atom stereocenters. The van der Waals surface area contributed by atoms with Crippen LogP contribution >= 0.6 is 34.7 Å². The largest absolute Gasteiger partial charge is 0.376 e. The van der Waals surface area contributed by atoms with E-state index in [0.717, 1.165) is 35.3 Å². The summed E-state index contributed by atoms with van der Waals surface area (Å²) in [6, 6.07) is 9.13. The third-order valence-corrected chi connectivity index (χ3v) is 7.00. The lowest BCUT2D eigenvalue weighted by atomic mass is 10.2. The molecule has 0 amide bonds. The summed E-state index contributed by atoms with van der Waals surface area (Å²) in [5, 5.41) is 12.7. The first-order valence-electron chi connectivity index (χ1n) is 9.57. The summed E-state index contributed by atoms with van der Waals surface area (Å²) in [6.45, 7) is 1.51. The molecular weight excluding hydrogens is 442 g/mol. The van der Waals surface area contributed by atoms with Crippen LogP contribution in [-0.4, -0.2) is 37.4 Å². The van der Waals surface area contributed by atoms with Crippen molar-refractivity contribution in [2.24, 2.45) is 0 Å². The van der Waals surface area contributed by atoms with Gasteiger partial charge in [0.1, 0.15) is 5.82 Å². The Labute approximate surface area is 185 Å². The van der Waals surface area contributed by atoms with E-state index in [4.69, 9.17) is 16.3 Å². The van der Waals surface area contributed by atoms with Gasteiger partial charge >= 0.3 is 0 Å². The van der Waals surface area contributed by atoms with Gasteiger partial charge in [-0.2, -0.15) is 0 Å². The van der Waals surface area contributed by atoms with Crippen molar-refractivity contribution in [1.29, 1.82) is 0 Å². The van der Waals surface area contributed by atoms with E-state index < -0.39 is 0 Å². The zero-order valence-electron chi connectivity index (χ0n) is 15.9. The molecule has 4 heterocycles. The standard InChI is InChI=1S/C20H18ClN5O2S2/c21-12-5-6-14-15(9-12)22-17(23-19(14)27)11-30-20-25-24-18(16-4-2-8-29-16)26(20)10-13-3-1-7-28-13/h2,4-6,8-9,13H,1,3,7,10-11H2,(H,22,23,27)/t13-/m1/s1. The van der Waals surface area contributed by atoms with Crippen molar-refractivity contribution in [2.45, 2.75) is 36.4 Å². The van der Waals surface area contributed by atoms with Crippen LogP contribution in [0.25, 0.3) is 21.6 Å². The predicted octanol–water partition coefficient (Wildman–Crippen LogP) is 4.37. The number of thioether (sulfide) groups is 1. The average molecular weight is 460 g/mol. The molecule has 1 aromatic carbocycles. The van der Waals surface area contributed by atoms with E-state index in [0.29, 0.717) is 34.0 Å². The predicted molar refractivity (Wildman–Crippen MR) is 119 cm³/mol. The Balaban J connectivity index is 1.43. The van der Waals surface area contributed by atoms with Gasteiger partial charge in [-0.25, -0.2) is 4.98 Å². The maximum absolute atomic E-state index is 12.4. The highest BCUT2D eigenvalue weighted by atomic mass is 35.5. The maximum atomic E-state index is 12.4. The van der Waals surface area contributed by atoms with Gasteiger partial charge in [0.15, 0.2) is 11.0 Å². The molecule has 0 saturated carbocycles. The van der Waals surface area contributed by atoms with Crippen molar-refractivity contribution in [1.82, 2.24) is 24.7 Å². The smallest absolute Gasteiger partial charge is 0.258 e. The Hall–Kier alpha value is -2.20. The normalized spacial score (nSPS) is 16.5. The summed E-state index contributed by atoms with van der Waals surface area (Å²) in [7, 11) is 0. The number of benzene rings is 1. The van der Waals surface area contributed by atoms with E-state index in [2.05, 4.69) is 24.7 Å². The molecule has 154 valence electrons. The first-order valence-corrected chi connectivity index (χ1v) is 11.8. The van der Waals surface area contributed by atoms with Crippen LogP contribution in [0, 0.1) is 0 Å². The Morgan fingerprint density at radius 3 is 3.07 bits per heavy atom. The van der Waals surface area contributed by atoms with Gasteiger partial charge in [0.05, 0.1) is 34.2 Å². The van der Waals surface area contributed by atoms with E-state index in [1.54, 1.807) is 29.5 Å². The van der Waals surface area contributed by atoms with Crippen molar-refractivity contribution in [3.8, 4) is 10.7 Å². The molecule has 5 rings (SSSR count). The van der Waals surface area contributed by atoms with Crippen LogP contribution in [0.15, 0.2) is 45.7 Å². The zero-order valence-corrected chi connectivity index (χ0v) is 18.3. The van der Waals surface area contributed by atoms with Crippen molar-refractivity contribution < 1.29 is 4.74 Å². The van der Waals surface area contributed by atoms with Crippen molar-refractivity contribution in [3.05, 3.63) is 56.9 Å². The fourth-order valence-corrected chi connectivity index (χ4v) is 5.20. The van der Waals surface area contributed by atoms with E-state index in [1.807, 2.05) is 17.5 Å². The Kier molecular flexibility index (Phi) is 5.60. The fourth-order valence-electron chi connectivity index (χ4n) is 3.50. The monoisotopic (exact) mass is 459 g/mol. The van der Waals surface area contributed by atoms with Crippen LogP contribution in [0.3, 0.4) is 0 Å². The number of nitrogens with zero attached hydrogens (tertiary/aromatic N) is 4. The Bertz CT molecular complexity index is 1230. The minimum Gasteiger partial charge on any atom is -0.376 e. The van der Waals surface area contributed by atoms with Gasteiger partial charge < -0.3 is 9.72 Å². The van der Waals surface area contributed by atoms with Gasteiger partial charge in [0.25, 0.3) is 5.56 Å². The molecule has 1 fully saturated rings. The maximum Gasteiger partial charge on any atom is 0.258 e. The first kappa shape index (κ1) is 19.7. The molecule has 7 nitrogen and oxygen atoms in total. The van der Waals surface area contributed by atoms with E-state index >= 15 is 0 Å². The molecule has 0 radical (unpaired) electrons. The summed E-state index contributed by atoms with van der Waals surface area (Å²) in [6.07, 6.45) is 2.28. The second kappa shape index (κ2) is 8.50. The zero-order chi connectivity index (χ0) is 20.5. The lowest BCUT2D eigenvalue weighted by Crippen LogP contribution is -2.16. The van der Waals surface area contributed by atoms with Crippen molar-refractivity contribution in [3.63, 3.8) is 0 Å². The lowest BCUT2D eigenvalue weighted by Gasteiger charge is -2.14. The number of nitrogens with one attached hydrogen (secondary N) is 1. The lowest BCUT2D eigenvalue weighted by molar-refractivity contribution is 0.0953. The molecule has 3 aromatic heterocycles. The fraction of sp³-hybridized carbons (Fsp3) is 0.300. The molecule has 1 aliphatic rings. The van der Waals surface area contributed by atoms with Gasteiger partial charge in [0, 0.05) is 11.6 Å². The van der Waals surface area contributed by atoms with Crippen LogP contribution in [-0.2, 0) is 17.0 Å². The number of hydrogen-bond acceptors (Lipinski definition) is 7. The third-order valence-electron chi connectivity index (χ3n) is 4.92. The number of aromatic nitrogens is 5. The van der Waals surface area contributed by atoms with E-state index in [-0.39, 0.29) is 11.7 Å². The van der Waals surface area contributed by atoms with Gasteiger partial charge in [-0.1, -0.05) is 29.4 Å². The Morgan fingerprint density at radius 1 is 1.33 bits per heavy atom. The number of hydrogen-bond donors (Lipinski definition) is 1. The number of H-pyrrole nitrogens is 1. The van der Waals surface area contributed by atoms with Gasteiger partial charge in [-0.15, -0.1) is 21.5 Å². The molecule has 0 unspecified atom stereocenters. The molecule has 0 bridgehead atoms. The van der Waals surface area contributed by atoms with E-state index in [1.165, 1.54) is 11.8 Å². The van der Waals surface area contributed by atoms with Gasteiger partial charge in [0.2, 0.25) is 0 Å². The summed E-state index contributed by atoms with van der Waals surface area (Å²) in [5.41, 5.74) is 0.411. The topological polar surface area (TPSA) is 85.7 Å². The van der Waals surface area contributed by atoms with Gasteiger partial charge in [-0.3, -0.25) is 9.36 Å². The summed E-state index contributed by atoms with van der Waals surface area (Å²) < 4.78 is 7.95. The second-order valence-electron chi connectivity index (χ2n) is 6.99. The number of rotatable bonds is 6. The number of thiophene rings is 1. The minimum atomic E-state index is -0.174. The molecule has 1 saturated heterocycles. The van der Waals surface area contributed by atoms with E-state index in [9.17, 15) is 4.79 Å². The molecule has 1 N–H and O–H groups in total. The van der Waals surface area contributed by atoms with Gasteiger partial charge in [-0.05, 0) is 42.5 Å². The quantitative estimate of drug-likeness (QED) is 0.431. The second-order valence-corrected chi connectivity index (χ2v) is 9.32. The highest BCUT2D eigenvalue weighted by molar-refractivity contribution is 7.98. The highest BCUT2D eigenvalue weighted by Gasteiger charge is 2.22. The molecule has 4 aromatic rings. The molecule has 0 aliphatic carbocycles. The molecule has 1 aliphatic heterocycles. The van der Waals surface area contributed by atoms with Crippen LogP contribution < -0.4 is 5.56 Å². The summed E-state index contributed by atoms with van der Waals surface area (Å²) >= 11 is 9.19. The van der Waals surface area contributed by atoms with Crippen LogP contribution in [0.2, 0.25) is 5.02 Å². The average Bonchev–Trinajstić information content (AvgIpc) is 3.49. The van der Waals surface area contributed by atoms with Crippen molar-refractivity contribution in [2.75, 3.05) is 6.61 Å². The Morgan fingerprint density at radius 2 is 2.27 bits per heavy atom. The third kappa shape index (κ3) is 4.02. The molecule has 30 heavy (non-hydrogen) atoms. The van der Waals surface area contributed by atoms with Crippen LogP contribution in [0.4, 0.5) is 0 Å². The van der Waals surface area contributed by atoms with Crippen LogP contribution in [0.5, 0.6) is 0 Å². The van der Waals surface area contributed by atoms with Crippen molar-refractivity contribution >= 4 is 45.6 Å². The molecule has 0 spiro atoms.